The van der Waals surface area contributed by atoms with Crippen LogP contribution in [0.5, 0.6) is 0 Å². The highest BCUT2D eigenvalue weighted by molar-refractivity contribution is 6.54. The van der Waals surface area contributed by atoms with Crippen molar-refractivity contribution in [2.45, 2.75) is 0 Å². The molecule has 0 atom stereocenters. The van der Waals surface area contributed by atoms with Gasteiger partial charge in [0.25, 0.3) is 17.7 Å². The lowest BCUT2D eigenvalue weighted by Crippen LogP contribution is -2.32. The van der Waals surface area contributed by atoms with Gasteiger partial charge in [0.05, 0.1) is 15.7 Å². The van der Waals surface area contributed by atoms with E-state index >= 15 is 0 Å². The lowest BCUT2D eigenvalue weighted by molar-refractivity contribution is -0.120. The quantitative estimate of drug-likeness (QED) is 0.455. The molecule has 1 aliphatic rings. The van der Waals surface area contributed by atoms with E-state index in [1.54, 1.807) is 48.5 Å². The summed E-state index contributed by atoms with van der Waals surface area (Å²) in [6.45, 7) is 0. The molecule has 2 N–H and O–H groups in total. The topological polar surface area (TPSA) is 78.5 Å². The van der Waals surface area contributed by atoms with Crippen molar-refractivity contribution in [3.05, 3.63) is 99.1 Å². The van der Waals surface area contributed by atoms with Crippen LogP contribution >= 0.6 is 34.8 Å². The van der Waals surface area contributed by atoms with Crippen LogP contribution in [0, 0.1) is 0 Å². The third-order valence-electron chi connectivity index (χ3n) is 4.65. The zero-order chi connectivity index (χ0) is 22.8. The van der Waals surface area contributed by atoms with Crippen LogP contribution in [0.2, 0.25) is 10.0 Å². The van der Waals surface area contributed by atoms with Gasteiger partial charge in [0.1, 0.15) is 10.7 Å². The smallest absolute Gasteiger partial charge is 0.283 e. The first-order valence-electron chi connectivity index (χ1n) is 9.33. The molecule has 32 heavy (non-hydrogen) atoms. The van der Waals surface area contributed by atoms with E-state index in [0.29, 0.717) is 16.9 Å². The maximum Gasteiger partial charge on any atom is 0.283 e. The van der Waals surface area contributed by atoms with Crippen LogP contribution < -0.4 is 15.5 Å². The second-order valence-corrected chi connectivity index (χ2v) is 7.89. The average molecular weight is 487 g/mol. The first-order chi connectivity index (χ1) is 15.4. The van der Waals surface area contributed by atoms with Crippen molar-refractivity contribution < 1.29 is 14.4 Å². The summed E-state index contributed by atoms with van der Waals surface area (Å²) in [6, 6.07) is 20.0. The number of carbonyl (C=O) groups excluding carboxylic acids is 3. The maximum absolute atomic E-state index is 12.9. The van der Waals surface area contributed by atoms with Gasteiger partial charge in [0, 0.05) is 16.9 Å². The fourth-order valence-electron chi connectivity index (χ4n) is 3.07. The number of nitrogens with zero attached hydrogens (tertiary/aromatic N) is 1. The maximum atomic E-state index is 12.9. The second kappa shape index (κ2) is 9.04. The summed E-state index contributed by atoms with van der Waals surface area (Å²) >= 11 is 18.3. The number of imide groups is 1. The Kier molecular flexibility index (Phi) is 6.19. The number of halogens is 3. The number of nitrogens with one attached hydrogen (secondary N) is 2. The third kappa shape index (κ3) is 4.21. The fourth-order valence-corrected chi connectivity index (χ4v) is 3.66. The third-order valence-corrected chi connectivity index (χ3v) is 5.81. The Balaban J connectivity index is 1.51. The predicted molar refractivity (Wildman–Crippen MR) is 126 cm³/mol. The lowest BCUT2D eigenvalue weighted by atomic mass is 10.2. The van der Waals surface area contributed by atoms with E-state index in [1.807, 2.05) is 18.2 Å². The van der Waals surface area contributed by atoms with E-state index in [1.165, 1.54) is 6.07 Å². The van der Waals surface area contributed by atoms with E-state index in [4.69, 9.17) is 34.8 Å². The minimum Gasteiger partial charge on any atom is -0.350 e. The zero-order valence-electron chi connectivity index (χ0n) is 16.2. The van der Waals surface area contributed by atoms with Crippen LogP contribution in [0.25, 0.3) is 0 Å². The van der Waals surface area contributed by atoms with Gasteiger partial charge in [0.15, 0.2) is 0 Å². The van der Waals surface area contributed by atoms with Crippen molar-refractivity contribution in [1.29, 1.82) is 0 Å². The van der Waals surface area contributed by atoms with Gasteiger partial charge in [-0.2, -0.15) is 0 Å². The van der Waals surface area contributed by atoms with Gasteiger partial charge in [0.2, 0.25) is 0 Å². The molecule has 0 bridgehead atoms. The van der Waals surface area contributed by atoms with Gasteiger partial charge in [-0.1, -0.05) is 59.1 Å². The van der Waals surface area contributed by atoms with Crippen molar-refractivity contribution in [1.82, 2.24) is 0 Å². The minimum atomic E-state index is -0.720. The van der Waals surface area contributed by atoms with E-state index in [9.17, 15) is 14.4 Å². The van der Waals surface area contributed by atoms with Crippen molar-refractivity contribution in [2.75, 3.05) is 15.5 Å². The van der Waals surface area contributed by atoms with Crippen LogP contribution in [-0.2, 0) is 9.59 Å². The van der Waals surface area contributed by atoms with Crippen LogP contribution in [-0.4, -0.2) is 17.7 Å². The molecule has 1 heterocycles. The van der Waals surface area contributed by atoms with E-state index in [-0.39, 0.29) is 32.4 Å². The number of para-hydroxylation sites is 1. The van der Waals surface area contributed by atoms with Crippen molar-refractivity contribution >= 4 is 69.6 Å². The molecule has 3 aromatic rings. The molecule has 0 unspecified atom stereocenters. The molecule has 0 radical (unpaired) electrons. The normalized spacial score (nSPS) is 13.5. The summed E-state index contributed by atoms with van der Waals surface area (Å²) in [5.41, 5.74) is 1.59. The summed E-state index contributed by atoms with van der Waals surface area (Å²) in [5, 5.41) is 5.62. The first kappa shape index (κ1) is 21.9. The van der Waals surface area contributed by atoms with Crippen LogP contribution in [0.4, 0.5) is 17.1 Å². The van der Waals surface area contributed by atoms with E-state index in [2.05, 4.69) is 10.6 Å². The number of anilines is 3. The second-order valence-electron chi connectivity index (χ2n) is 6.73. The molecule has 160 valence electrons. The number of rotatable bonds is 5. The molecule has 0 fully saturated rings. The summed E-state index contributed by atoms with van der Waals surface area (Å²) in [5.74, 6) is -1.67. The first-order valence-corrected chi connectivity index (χ1v) is 10.5. The fraction of sp³-hybridized carbons (Fsp3) is 0. The average Bonchev–Trinajstić information content (AvgIpc) is 3.00. The number of amides is 3. The van der Waals surface area contributed by atoms with Gasteiger partial charge in [-0.05, 0) is 48.5 Å². The van der Waals surface area contributed by atoms with Gasteiger partial charge in [-0.25, -0.2) is 4.90 Å². The zero-order valence-corrected chi connectivity index (χ0v) is 18.5. The van der Waals surface area contributed by atoms with E-state index < -0.39 is 11.8 Å². The van der Waals surface area contributed by atoms with Gasteiger partial charge in [-0.3, -0.25) is 14.4 Å². The molecular formula is C23H14Cl3N3O3. The summed E-state index contributed by atoms with van der Waals surface area (Å²) in [6.07, 6.45) is 0. The van der Waals surface area contributed by atoms with Gasteiger partial charge in [-0.15, -0.1) is 0 Å². The Morgan fingerprint density at radius 1 is 0.750 bits per heavy atom. The Hall–Kier alpha value is -3.32. The molecule has 0 spiro atoms. The predicted octanol–water partition coefficient (Wildman–Crippen LogP) is 5.68. The molecule has 4 rings (SSSR count). The molecular weight excluding hydrogens is 473 g/mol. The minimum absolute atomic E-state index is 0.0652. The van der Waals surface area contributed by atoms with Crippen molar-refractivity contribution in [3.63, 3.8) is 0 Å². The Labute approximate surface area is 198 Å². The monoisotopic (exact) mass is 485 g/mol. The van der Waals surface area contributed by atoms with Gasteiger partial charge >= 0.3 is 0 Å². The Bertz CT molecular complexity index is 1260. The molecule has 3 aromatic carbocycles. The molecule has 0 saturated heterocycles. The number of benzene rings is 3. The Morgan fingerprint density at radius 3 is 2.12 bits per heavy atom. The number of hydrogen-bond donors (Lipinski definition) is 2. The van der Waals surface area contributed by atoms with Crippen molar-refractivity contribution in [3.8, 4) is 0 Å². The summed E-state index contributed by atoms with van der Waals surface area (Å²) in [7, 11) is 0. The highest BCUT2D eigenvalue weighted by Gasteiger charge is 2.40. The lowest BCUT2D eigenvalue weighted by Gasteiger charge is -2.17. The standard InChI is InChI=1S/C23H14Cl3N3O3/c24-16-7-4-8-17(18(16)25)29-22(31)19(26)20(23(29)32)27-15-11-9-13(10-12-15)21(30)28-14-5-2-1-3-6-14/h1-12,27H,(H,28,30). The molecule has 9 heteroatoms. The van der Waals surface area contributed by atoms with Crippen LogP contribution in [0.1, 0.15) is 10.4 Å². The van der Waals surface area contributed by atoms with Crippen molar-refractivity contribution in [2.24, 2.45) is 0 Å². The van der Waals surface area contributed by atoms with Crippen LogP contribution in [0.15, 0.2) is 83.5 Å². The Morgan fingerprint density at radius 2 is 1.44 bits per heavy atom. The highest BCUT2D eigenvalue weighted by Crippen LogP contribution is 2.37. The molecule has 0 aromatic heterocycles. The highest BCUT2D eigenvalue weighted by atomic mass is 35.5. The molecule has 0 aliphatic carbocycles. The SMILES string of the molecule is O=C(Nc1ccccc1)c1ccc(NC2=C(Cl)C(=O)N(c3cccc(Cl)c3Cl)C2=O)cc1. The number of hydrogen-bond acceptors (Lipinski definition) is 4. The molecule has 0 saturated carbocycles. The van der Waals surface area contributed by atoms with Gasteiger partial charge < -0.3 is 10.6 Å². The summed E-state index contributed by atoms with van der Waals surface area (Å²) < 4.78 is 0. The van der Waals surface area contributed by atoms with E-state index in [0.717, 1.165) is 4.90 Å². The molecule has 1 aliphatic heterocycles. The summed E-state index contributed by atoms with van der Waals surface area (Å²) in [4.78, 5) is 38.8. The van der Waals surface area contributed by atoms with Crippen LogP contribution in [0.3, 0.4) is 0 Å². The largest absolute Gasteiger partial charge is 0.350 e. The molecule has 6 nitrogen and oxygen atoms in total. The number of carbonyl (C=O) groups is 3. The molecule has 3 amide bonds.